The van der Waals surface area contributed by atoms with Crippen molar-refractivity contribution in [3.63, 3.8) is 0 Å². The highest BCUT2D eigenvalue weighted by atomic mass is 16.5. The second kappa shape index (κ2) is 16.7. The standard InChI is InChI=1S/C22H34N8O6/c1-31-9-11-35-15-13-33-7-5-29-17-21(25-27-29)19-3-4-20(24-23-19)22-18-30(28-26-22)6-8-34-14-16-36-12-10-32-2/h3-4,17-18H,5-16H2,1-2H3. The summed E-state index contributed by atoms with van der Waals surface area (Å²) in [4.78, 5) is 0. The molecule has 0 radical (unpaired) electrons. The van der Waals surface area contributed by atoms with Gasteiger partial charge in [0.2, 0.25) is 0 Å². The van der Waals surface area contributed by atoms with Crippen LogP contribution in [0.15, 0.2) is 24.5 Å². The van der Waals surface area contributed by atoms with Gasteiger partial charge in [0.05, 0.1) is 91.6 Å². The second-order valence-corrected chi connectivity index (χ2v) is 7.47. The molecule has 0 atom stereocenters. The molecule has 14 nitrogen and oxygen atoms in total. The van der Waals surface area contributed by atoms with Gasteiger partial charge < -0.3 is 28.4 Å². The van der Waals surface area contributed by atoms with Gasteiger partial charge in [0.1, 0.15) is 22.8 Å². The Kier molecular flexibility index (Phi) is 12.9. The average Bonchev–Trinajstić information content (AvgIpc) is 3.57. The minimum atomic E-state index is 0.504. The first kappa shape index (κ1) is 27.7. The lowest BCUT2D eigenvalue weighted by Gasteiger charge is -2.05. The molecule has 3 rings (SSSR count). The third-order valence-electron chi connectivity index (χ3n) is 4.80. The first-order chi connectivity index (χ1) is 17.8. The highest BCUT2D eigenvalue weighted by Crippen LogP contribution is 2.17. The van der Waals surface area contributed by atoms with Crippen LogP contribution >= 0.6 is 0 Å². The molecule has 3 aromatic rings. The summed E-state index contributed by atoms with van der Waals surface area (Å²) in [5, 5.41) is 25.1. The zero-order valence-electron chi connectivity index (χ0n) is 20.8. The van der Waals surface area contributed by atoms with Crippen LogP contribution < -0.4 is 0 Å². The molecule has 0 aliphatic rings. The first-order valence-corrected chi connectivity index (χ1v) is 11.7. The Labute approximate surface area is 209 Å². The normalized spacial score (nSPS) is 11.4. The van der Waals surface area contributed by atoms with Gasteiger partial charge in [-0.05, 0) is 12.1 Å². The monoisotopic (exact) mass is 506 g/mol. The van der Waals surface area contributed by atoms with Gasteiger partial charge in [-0.3, -0.25) is 0 Å². The van der Waals surface area contributed by atoms with Crippen molar-refractivity contribution in [3.05, 3.63) is 24.5 Å². The third kappa shape index (κ3) is 10.0. The van der Waals surface area contributed by atoms with Gasteiger partial charge in [-0.25, -0.2) is 9.36 Å². The van der Waals surface area contributed by atoms with Crippen LogP contribution in [0.1, 0.15) is 0 Å². The van der Waals surface area contributed by atoms with Crippen LogP contribution in [0.3, 0.4) is 0 Å². The number of ether oxygens (including phenoxy) is 6. The van der Waals surface area contributed by atoms with Crippen LogP contribution in [0.5, 0.6) is 0 Å². The molecule has 0 fully saturated rings. The molecule has 0 N–H and O–H groups in total. The maximum atomic E-state index is 5.54. The van der Waals surface area contributed by atoms with Crippen LogP contribution in [-0.4, -0.2) is 120 Å². The fraction of sp³-hybridized carbons (Fsp3) is 0.636. The lowest BCUT2D eigenvalue weighted by Crippen LogP contribution is -2.12. The predicted molar refractivity (Wildman–Crippen MR) is 127 cm³/mol. The van der Waals surface area contributed by atoms with Crippen molar-refractivity contribution in [3.8, 4) is 22.8 Å². The zero-order chi connectivity index (χ0) is 25.3. The SMILES string of the molecule is COCCOCCOCCn1cc(-c2ccc(-c3cn(CCOCCOCCOC)nn3)nn2)nn1. The highest BCUT2D eigenvalue weighted by molar-refractivity contribution is 5.57. The summed E-state index contributed by atoms with van der Waals surface area (Å²) in [6.45, 7) is 6.52. The van der Waals surface area contributed by atoms with Gasteiger partial charge in [0, 0.05) is 14.2 Å². The maximum absolute atomic E-state index is 5.54. The summed E-state index contributed by atoms with van der Waals surface area (Å²) in [6, 6.07) is 3.66. The van der Waals surface area contributed by atoms with Crippen molar-refractivity contribution < 1.29 is 28.4 Å². The number of methoxy groups -OCH3 is 2. The van der Waals surface area contributed by atoms with Crippen LogP contribution in [0.25, 0.3) is 22.8 Å². The Hall–Kier alpha value is -2.88. The predicted octanol–water partition coefficient (Wildman–Crippen LogP) is 0.353. The molecule has 0 aliphatic heterocycles. The van der Waals surface area contributed by atoms with Gasteiger partial charge >= 0.3 is 0 Å². The summed E-state index contributed by atoms with van der Waals surface area (Å²) < 4.78 is 35.0. The van der Waals surface area contributed by atoms with E-state index in [0.29, 0.717) is 102 Å². The quantitative estimate of drug-likeness (QED) is 0.195. The molecule has 0 unspecified atom stereocenters. The Balaban J connectivity index is 1.36. The molecule has 0 spiro atoms. The van der Waals surface area contributed by atoms with Crippen LogP contribution in [0.2, 0.25) is 0 Å². The Bertz CT molecular complexity index is 890. The van der Waals surface area contributed by atoms with E-state index in [-0.39, 0.29) is 0 Å². The molecule has 36 heavy (non-hydrogen) atoms. The van der Waals surface area contributed by atoms with Crippen LogP contribution in [-0.2, 0) is 41.5 Å². The minimum absolute atomic E-state index is 0.504. The van der Waals surface area contributed by atoms with E-state index >= 15 is 0 Å². The van der Waals surface area contributed by atoms with E-state index < -0.39 is 0 Å². The Morgan fingerprint density at radius 1 is 0.500 bits per heavy atom. The van der Waals surface area contributed by atoms with Gasteiger partial charge in [-0.1, -0.05) is 10.4 Å². The average molecular weight is 507 g/mol. The smallest absolute Gasteiger partial charge is 0.133 e. The number of rotatable bonds is 20. The van der Waals surface area contributed by atoms with Crippen LogP contribution in [0.4, 0.5) is 0 Å². The molecule has 0 aromatic carbocycles. The molecule has 0 aliphatic carbocycles. The number of hydrogen-bond donors (Lipinski definition) is 0. The lowest BCUT2D eigenvalue weighted by atomic mass is 10.2. The summed E-state index contributed by atoms with van der Waals surface area (Å²) >= 11 is 0. The summed E-state index contributed by atoms with van der Waals surface area (Å²) in [5.41, 5.74) is 2.49. The van der Waals surface area contributed by atoms with E-state index in [9.17, 15) is 0 Å². The van der Waals surface area contributed by atoms with Gasteiger partial charge in [-0.2, -0.15) is 0 Å². The largest absolute Gasteiger partial charge is 0.382 e. The third-order valence-corrected chi connectivity index (χ3v) is 4.80. The first-order valence-electron chi connectivity index (χ1n) is 11.7. The Morgan fingerprint density at radius 2 is 0.889 bits per heavy atom. The molecule has 0 amide bonds. The molecule has 3 aromatic heterocycles. The molecule has 3 heterocycles. The molecular weight excluding hydrogens is 472 g/mol. The van der Waals surface area contributed by atoms with E-state index in [2.05, 4.69) is 30.8 Å². The zero-order valence-corrected chi connectivity index (χ0v) is 20.8. The second-order valence-electron chi connectivity index (χ2n) is 7.47. The fourth-order valence-electron chi connectivity index (χ4n) is 2.90. The fourth-order valence-corrected chi connectivity index (χ4v) is 2.90. The molecule has 0 saturated carbocycles. The summed E-state index contributed by atoms with van der Waals surface area (Å²) in [6.07, 6.45) is 3.61. The van der Waals surface area contributed by atoms with E-state index in [0.717, 1.165) is 0 Å². The van der Waals surface area contributed by atoms with E-state index in [1.54, 1.807) is 36.0 Å². The van der Waals surface area contributed by atoms with Crippen molar-refractivity contribution >= 4 is 0 Å². The van der Waals surface area contributed by atoms with Crippen molar-refractivity contribution in [1.82, 2.24) is 40.2 Å². The molecule has 198 valence electrons. The molecule has 0 saturated heterocycles. The van der Waals surface area contributed by atoms with Gasteiger partial charge in [0.15, 0.2) is 0 Å². The Morgan fingerprint density at radius 3 is 1.28 bits per heavy atom. The number of aromatic nitrogens is 8. The molecular formula is C22H34N8O6. The molecule has 0 bridgehead atoms. The van der Waals surface area contributed by atoms with Crippen molar-refractivity contribution in [2.24, 2.45) is 0 Å². The van der Waals surface area contributed by atoms with Crippen molar-refractivity contribution in [1.29, 1.82) is 0 Å². The summed E-state index contributed by atoms with van der Waals surface area (Å²) in [5.74, 6) is 0. The highest BCUT2D eigenvalue weighted by Gasteiger charge is 2.10. The molecule has 14 heteroatoms. The van der Waals surface area contributed by atoms with Gasteiger partial charge in [-0.15, -0.1) is 20.4 Å². The van der Waals surface area contributed by atoms with Gasteiger partial charge in [0.25, 0.3) is 0 Å². The van der Waals surface area contributed by atoms with E-state index in [1.807, 2.05) is 12.1 Å². The summed E-state index contributed by atoms with van der Waals surface area (Å²) in [7, 11) is 3.28. The van der Waals surface area contributed by atoms with Crippen LogP contribution in [0, 0.1) is 0 Å². The minimum Gasteiger partial charge on any atom is -0.382 e. The van der Waals surface area contributed by atoms with E-state index in [1.165, 1.54) is 0 Å². The topological polar surface area (TPSA) is 143 Å². The maximum Gasteiger partial charge on any atom is 0.133 e. The van der Waals surface area contributed by atoms with Crippen molar-refractivity contribution in [2.75, 3.05) is 80.3 Å². The van der Waals surface area contributed by atoms with E-state index in [4.69, 9.17) is 28.4 Å². The lowest BCUT2D eigenvalue weighted by molar-refractivity contribution is 0.0224. The number of nitrogens with zero attached hydrogens (tertiary/aromatic N) is 8. The number of hydrogen-bond acceptors (Lipinski definition) is 12. The van der Waals surface area contributed by atoms with Crippen molar-refractivity contribution in [2.45, 2.75) is 13.1 Å².